The normalized spacial score (nSPS) is 12.2. The zero-order valence-corrected chi connectivity index (χ0v) is 12.5. The van der Waals surface area contributed by atoms with E-state index in [1.807, 2.05) is 24.3 Å². The highest BCUT2D eigenvalue weighted by Gasteiger charge is 2.15. The van der Waals surface area contributed by atoms with E-state index in [0.29, 0.717) is 12.0 Å². The standard InChI is InChI=1S/C16H18ClFN2O/c1-21-12-8-5-11(6-9-12)7-10-15(20-19)13-3-2-4-14(18)16(13)17/h2-6,8-9,15,20H,7,10,19H2,1H3. The molecule has 2 aromatic carbocycles. The Morgan fingerprint density at radius 1 is 1.24 bits per heavy atom. The van der Waals surface area contributed by atoms with Crippen LogP contribution in [-0.2, 0) is 6.42 Å². The molecule has 0 fully saturated rings. The van der Waals surface area contributed by atoms with Crippen molar-refractivity contribution in [3.05, 3.63) is 64.4 Å². The molecule has 0 amide bonds. The lowest BCUT2D eigenvalue weighted by Crippen LogP contribution is -2.28. The van der Waals surface area contributed by atoms with Gasteiger partial charge in [-0.05, 0) is 42.2 Å². The minimum atomic E-state index is -0.432. The molecule has 0 aliphatic heterocycles. The molecule has 0 bridgehead atoms. The Balaban J connectivity index is 2.06. The van der Waals surface area contributed by atoms with Crippen LogP contribution in [0.15, 0.2) is 42.5 Å². The SMILES string of the molecule is COc1ccc(CCC(NN)c2cccc(F)c2Cl)cc1. The van der Waals surface area contributed by atoms with Gasteiger partial charge in [-0.15, -0.1) is 0 Å². The van der Waals surface area contributed by atoms with Crippen molar-refractivity contribution in [2.45, 2.75) is 18.9 Å². The highest BCUT2D eigenvalue weighted by molar-refractivity contribution is 6.31. The van der Waals surface area contributed by atoms with E-state index in [9.17, 15) is 4.39 Å². The Morgan fingerprint density at radius 2 is 1.95 bits per heavy atom. The fraction of sp³-hybridized carbons (Fsp3) is 0.250. The average molecular weight is 309 g/mol. The number of hydrogen-bond acceptors (Lipinski definition) is 3. The number of hydrazine groups is 1. The number of nitrogens with one attached hydrogen (secondary N) is 1. The molecule has 0 aromatic heterocycles. The average Bonchev–Trinajstić information content (AvgIpc) is 2.52. The van der Waals surface area contributed by atoms with Gasteiger partial charge in [0, 0.05) is 6.04 Å². The molecule has 0 saturated heterocycles. The maximum absolute atomic E-state index is 13.5. The molecule has 0 saturated carbocycles. The number of halogens is 2. The number of hydrogen-bond donors (Lipinski definition) is 2. The van der Waals surface area contributed by atoms with E-state index in [-0.39, 0.29) is 11.1 Å². The molecule has 3 N–H and O–H groups in total. The summed E-state index contributed by atoms with van der Waals surface area (Å²) in [6.45, 7) is 0. The summed E-state index contributed by atoms with van der Waals surface area (Å²) in [5, 5.41) is 0.121. The van der Waals surface area contributed by atoms with Crippen LogP contribution in [0.2, 0.25) is 5.02 Å². The first-order chi connectivity index (χ1) is 10.2. The van der Waals surface area contributed by atoms with Gasteiger partial charge in [-0.3, -0.25) is 11.3 Å². The van der Waals surface area contributed by atoms with Crippen LogP contribution >= 0.6 is 11.6 Å². The Bertz CT molecular complexity index is 589. The minimum Gasteiger partial charge on any atom is -0.497 e. The van der Waals surface area contributed by atoms with Gasteiger partial charge in [0.2, 0.25) is 0 Å². The second kappa shape index (κ2) is 7.41. The maximum atomic E-state index is 13.5. The molecule has 0 aliphatic carbocycles. The van der Waals surface area contributed by atoms with E-state index in [1.165, 1.54) is 6.07 Å². The van der Waals surface area contributed by atoms with E-state index in [0.717, 1.165) is 17.7 Å². The van der Waals surface area contributed by atoms with E-state index in [2.05, 4.69) is 5.43 Å². The van der Waals surface area contributed by atoms with Gasteiger partial charge in [0.05, 0.1) is 12.1 Å². The van der Waals surface area contributed by atoms with E-state index >= 15 is 0 Å². The summed E-state index contributed by atoms with van der Waals surface area (Å²) < 4.78 is 18.6. The number of benzene rings is 2. The molecule has 2 aromatic rings. The zero-order valence-electron chi connectivity index (χ0n) is 11.8. The van der Waals surface area contributed by atoms with Crippen molar-refractivity contribution >= 4 is 11.6 Å². The van der Waals surface area contributed by atoms with Crippen LogP contribution in [0.3, 0.4) is 0 Å². The van der Waals surface area contributed by atoms with Crippen LogP contribution in [0.4, 0.5) is 4.39 Å². The zero-order chi connectivity index (χ0) is 15.2. The summed E-state index contributed by atoms with van der Waals surface area (Å²) >= 11 is 6.00. The summed E-state index contributed by atoms with van der Waals surface area (Å²) in [7, 11) is 1.63. The van der Waals surface area contributed by atoms with Crippen LogP contribution in [0, 0.1) is 5.82 Å². The predicted octanol–water partition coefficient (Wildman–Crippen LogP) is 3.62. The molecule has 0 spiro atoms. The van der Waals surface area contributed by atoms with Gasteiger partial charge in [-0.25, -0.2) is 4.39 Å². The number of nitrogens with two attached hydrogens (primary N) is 1. The van der Waals surface area contributed by atoms with Crippen molar-refractivity contribution in [3.8, 4) is 5.75 Å². The molecule has 1 atom stereocenters. The summed E-state index contributed by atoms with van der Waals surface area (Å²) in [6.07, 6.45) is 1.51. The monoisotopic (exact) mass is 308 g/mol. The van der Waals surface area contributed by atoms with Crippen molar-refractivity contribution in [1.82, 2.24) is 5.43 Å². The summed E-state index contributed by atoms with van der Waals surface area (Å²) in [5.41, 5.74) is 4.53. The number of aryl methyl sites for hydroxylation is 1. The molecule has 3 nitrogen and oxygen atoms in total. The van der Waals surface area contributed by atoms with Crippen LogP contribution in [-0.4, -0.2) is 7.11 Å². The van der Waals surface area contributed by atoms with Gasteiger partial charge < -0.3 is 4.74 Å². The first-order valence-electron chi connectivity index (χ1n) is 6.68. The second-order valence-electron chi connectivity index (χ2n) is 4.75. The van der Waals surface area contributed by atoms with Gasteiger partial charge in [0.15, 0.2) is 0 Å². The quantitative estimate of drug-likeness (QED) is 0.633. The Labute approximate surface area is 128 Å². The van der Waals surface area contributed by atoms with Crippen molar-refractivity contribution < 1.29 is 9.13 Å². The third-order valence-electron chi connectivity index (χ3n) is 3.44. The predicted molar refractivity (Wildman–Crippen MR) is 82.8 cm³/mol. The van der Waals surface area contributed by atoms with Gasteiger partial charge in [0.1, 0.15) is 11.6 Å². The highest BCUT2D eigenvalue weighted by atomic mass is 35.5. The van der Waals surface area contributed by atoms with Crippen LogP contribution < -0.4 is 16.0 Å². The summed E-state index contributed by atoms with van der Waals surface area (Å²) in [5.74, 6) is 5.97. The molecule has 21 heavy (non-hydrogen) atoms. The Kier molecular flexibility index (Phi) is 5.56. The third kappa shape index (κ3) is 3.94. The van der Waals surface area contributed by atoms with E-state index in [1.54, 1.807) is 19.2 Å². The number of ether oxygens (including phenoxy) is 1. The van der Waals surface area contributed by atoms with Gasteiger partial charge in [0.25, 0.3) is 0 Å². The molecule has 0 heterocycles. The lowest BCUT2D eigenvalue weighted by molar-refractivity contribution is 0.414. The van der Waals surface area contributed by atoms with E-state index < -0.39 is 5.82 Å². The van der Waals surface area contributed by atoms with Gasteiger partial charge in [-0.2, -0.15) is 0 Å². The fourth-order valence-corrected chi connectivity index (χ4v) is 2.48. The van der Waals surface area contributed by atoms with Crippen molar-refractivity contribution in [3.63, 3.8) is 0 Å². The molecule has 0 aliphatic rings. The first-order valence-corrected chi connectivity index (χ1v) is 7.06. The molecular weight excluding hydrogens is 291 g/mol. The Hall–Kier alpha value is -1.62. The maximum Gasteiger partial charge on any atom is 0.142 e. The number of rotatable bonds is 6. The molecule has 1 unspecified atom stereocenters. The Morgan fingerprint density at radius 3 is 2.57 bits per heavy atom. The third-order valence-corrected chi connectivity index (χ3v) is 3.84. The van der Waals surface area contributed by atoms with Crippen LogP contribution in [0.5, 0.6) is 5.75 Å². The number of methoxy groups -OCH3 is 1. The van der Waals surface area contributed by atoms with Crippen LogP contribution in [0.1, 0.15) is 23.6 Å². The van der Waals surface area contributed by atoms with Gasteiger partial charge >= 0.3 is 0 Å². The lowest BCUT2D eigenvalue weighted by atomic mass is 9.99. The highest BCUT2D eigenvalue weighted by Crippen LogP contribution is 2.28. The largest absolute Gasteiger partial charge is 0.497 e. The van der Waals surface area contributed by atoms with Crippen LogP contribution in [0.25, 0.3) is 0 Å². The van der Waals surface area contributed by atoms with Crippen molar-refractivity contribution in [2.75, 3.05) is 7.11 Å². The molecule has 5 heteroatoms. The topological polar surface area (TPSA) is 47.3 Å². The summed E-state index contributed by atoms with van der Waals surface area (Å²) in [4.78, 5) is 0. The molecule has 0 radical (unpaired) electrons. The molecular formula is C16H18ClFN2O. The summed E-state index contributed by atoms with van der Waals surface area (Å²) in [6, 6.07) is 12.4. The molecule has 112 valence electrons. The second-order valence-corrected chi connectivity index (χ2v) is 5.13. The van der Waals surface area contributed by atoms with E-state index in [4.69, 9.17) is 22.2 Å². The molecule has 2 rings (SSSR count). The van der Waals surface area contributed by atoms with Crippen molar-refractivity contribution in [2.24, 2.45) is 5.84 Å². The lowest BCUT2D eigenvalue weighted by Gasteiger charge is -2.18. The smallest absolute Gasteiger partial charge is 0.142 e. The van der Waals surface area contributed by atoms with Crippen molar-refractivity contribution in [1.29, 1.82) is 0 Å². The minimum absolute atomic E-state index is 0.121. The fourth-order valence-electron chi connectivity index (χ4n) is 2.22. The first kappa shape index (κ1) is 15.8. The van der Waals surface area contributed by atoms with Gasteiger partial charge in [-0.1, -0.05) is 35.9 Å².